The van der Waals surface area contributed by atoms with Crippen molar-refractivity contribution in [3.05, 3.63) is 21.9 Å². The molecule has 0 spiro atoms. The van der Waals surface area contributed by atoms with Crippen LogP contribution in [-0.2, 0) is 4.74 Å². The predicted octanol–water partition coefficient (Wildman–Crippen LogP) is 1.08. The summed E-state index contributed by atoms with van der Waals surface area (Å²) in [6.07, 6.45) is 1.13. The maximum atomic E-state index is 13.4. The molecule has 7 heteroatoms. The number of nitro groups is 1. The predicted molar refractivity (Wildman–Crippen MR) is 62.8 cm³/mol. The van der Waals surface area contributed by atoms with Crippen molar-refractivity contribution in [1.82, 2.24) is 10.2 Å². The Bertz CT molecular complexity index is 375. The first-order chi connectivity index (χ1) is 8.49. The van der Waals surface area contributed by atoms with Crippen molar-refractivity contribution in [1.29, 1.82) is 0 Å². The zero-order valence-corrected chi connectivity index (χ0v) is 10.6. The first-order valence-corrected chi connectivity index (χ1v) is 6.15. The first kappa shape index (κ1) is 13.1. The Hall–Kier alpha value is -1.37. The molecule has 1 N–H and O–H groups in total. The Labute approximate surface area is 105 Å². The van der Waals surface area contributed by atoms with E-state index < -0.39 is 10.9 Å². The minimum Gasteiger partial charge on any atom is -0.378 e. The number of nitrogens with one attached hydrogen (secondary N) is 1. The van der Waals surface area contributed by atoms with E-state index in [1.807, 2.05) is 13.8 Å². The molecule has 0 saturated carbocycles. The number of hydrogen-bond donors (Lipinski definition) is 1. The average molecular weight is 259 g/mol. The van der Waals surface area contributed by atoms with Crippen LogP contribution in [0.5, 0.6) is 0 Å². The van der Waals surface area contributed by atoms with Crippen molar-refractivity contribution in [3.8, 4) is 0 Å². The molecule has 3 unspecified atom stereocenters. The molecule has 0 aromatic carbocycles. The number of rotatable bonds is 3. The van der Waals surface area contributed by atoms with E-state index in [9.17, 15) is 14.5 Å². The molecule has 0 amide bonds. The fraction of sp³-hybridized carbons (Fsp3) is 0.818. The fourth-order valence-corrected chi connectivity index (χ4v) is 2.54. The van der Waals surface area contributed by atoms with Crippen molar-refractivity contribution in [2.75, 3.05) is 19.7 Å². The standard InChI is InChI=1S/C11H18FN3O3/c1-7-4-13-11(10(12)15(16)17)14(7)5-9-3-8(2)18-6-9/h7-9,13H,3-6H2,1-2H3. The van der Waals surface area contributed by atoms with Crippen LogP contribution in [-0.4, -0.2) is 41.7 Å². The van der Waals surface area contributed by atoms with Crippen LogP contribution in [0.25, 0.3) is 0 Å². The number of halogens is 1. The smallest absolute Gasteiger partial charge is 0.378 e. The minimum absolute atomic E-state index is 0.00653. The zero-order chi connectivity index (χ0) is 13.3. The van der Waals surface area contributed by atoms with Crippen molar-refractivity contribution in [3.63, 3.8) is 0 Å². The highest BCUT2D eigenvalue weighted by Gasteiger charge is 2.35. The Morgan fingerprint density at radius 3 is 2.94 bits per heavy atom. The summed E-state index contributed by atoms with van der Waals surface area (Å²) in [4.78, 5) is 11.3. The fourth-order valence-electron chi connectivity index (χ4n) is 2.54. The van der Waals surface area contributed by atoms with Gasteiger partial charge in [-0.3, -0.25) is 10.1 Å². The van der Waals surface area contributed by atoms with Gasteiger partial charge >= 0.3 is 5.95 Å². The summed E-state index contributed by atoms with van der Waals surface area (Å²) in [5.41, 5.74) is 0. The van der Waals surface area contributed by atoms with E-state index in [2.05, 4.69) is 5.32 Å². The highest BCUT2D eigenvalue weighted by atomic mass is 19.1. The summed E-state index contributed by atoms with van der Waals surface area (Å²) in [7, 11) is 0. The third-order valence-electron chi connectivity index (χ3n) is 3.48. The molecule has 0 aliphatic carbocycles. The van der Waals surface area contributed by atoms with Gasteiger partial charge in [0.05, 0.1) is 17.6 Å². The van der Waals surface area contributed by atoms with Crippen LogP contribution < -0.4 is 5.32 Å². The van der Waals surface area contributed by atoms with Crippen LogP contribution in [0, 0.1) is 16.0 Å². The normalized spacial score (nSPS) is 34.6. The molecule has 2 aliphatic heterocycles. The van der Waals surface area contributed by atoms with E-state index in [0.717, 1.165) is 6.42 Å². The van der Waals surface area contributed by atoms with Crippen LogP contribution in [0.1, 0.15) is 20.3 Å². The third kappa shape index (κ3) is 2.55. The molecule has 102 valence electrons. The Kier molecular flexibility index (Phi) is 3.70. The summed E-state index contributed by atoms with van der Waals surface area (Å²) in [6.45, 7) is 5.68. The summed E-state index contributed by atoms with van der Waals surface area (Å²) < 4.78 is 18.9. The second-order valence-electron chi connectivity index (χ2n) is 5.02. The highest BCUT2D eigenvalue weighted by Crippen LogP contribution is 2.25. The lowest BCUT2D eigenvalue weighted by Crippen LogP contribution is -2.33. The minimum atomic E-state index is -1.30. The van der Waals surface area contributed by atoms with Crippen LogP contribution in [0.15, 0.2) is 11.8 Å². The van der Waals surface area contributed by atoms with Gasteiger partial charge in [0, 0.05) is 25.0 Å². The van der Waals surface area contributed by atoms with Crippen molar-refractivity contribution < 1.29 is 14.1 Å². The Morgan fingerprint density at radius 1 is 1.67 bits per heavy atom. The van der Waals surface area contributed by atoms with Crippen molar-refractivity contribution in [2.24, 2.45) is 5.92 Å². The second-order valence-corrected chi connectivity index (χ2v) is 5.02. The van der Waals surface area contributed by atoms with Gasteiger partial charge < -0.3 is 15.0 Å². The van der Waals surface area contributed by atoms with E-state index in [1.54, 1.807) is 4.90 Å². The van der Waals surface area contributed by atoms with Crippen LogP contribution in [0.4, 0.5) is 4.39 Å². The summed E-state index contributed by atoms with van der Waals surface area (Å²) in [6, 6.07) is 0.0570. The van der Waals surface area contributed by atoms with Gasteiger partial charge in [0.2, 0.25) is 5.82 Å². The largest absolute Gasteiger partial charge is 0.460 e. The molecule has 18 heavy (non-hydrogen) atoms. The zero-order valence-electron chi connectivity index (χ0n) is 10.6. The number of hydrogen-bond acceptors (Lipinski definition) is 5. The van der Waals surface area contributed by atoms with Gasteiger partial charge in [-0.25, -0.2) is 0 Å². The Morgan fingerprint density at radius 2 is 2.39 bits per heavy atom. The van der Waals surface area contributed by atoms with Crippen LogP contribution in [0.2, 0.25) is 0 Å². The molecule has 2 saturated heterocycles. The molecule has 6 nitrogen and oxygen atoms in total. The molecule has 2 rings (SSSR count). The first-order valence-electron chi connectivity index (χ1n) is 6.15. The molecule has 0 aromatic rings. The van der Waals surface area contributed by atoms with E-state index in [1.165, 1.54) is 0 Å². The SMILES string of the molecule is CC1CC(CN2C(=C(F)[N+](=O)[O-])NCC2C)CO1. The monoisotopic (exact) mass is 259 g/mol. The van der Waals surface area contributed by atoms with Gasteiger partial charge in [-0.2, -0.15) is 0 Å². The lowest BCUT2D eigenvalue weighted by Gasteiger charge is -2.25. The molecular weight excluding hydrogens is 241 g/mol. The third-order valence-corrected chi connectivity index (χ3v) is 3.48. The summed E-state index contributed by atoms with van der Waals surface area (Å²) in [5, 5.41) is 13.3. The summed E-state index contributed by atoms with van der Waals surface area (Å²) >= 11 is 0. The van der Waals surface area contributed by atoms with Crippen LogP contribution >= 0.6 is 0 Å². The molecule has 2 aliphatic rings. The van der Waals surface area contributed by atoms with Gasteiger partial charge in [0.15, 0.2) is 0 Å². The molecule has 2 heterocycles. The van der Waals surface area contributed by atoms with Crippen molar-refractivity contribution in [2.45, 2.75) is 32.4 Å². The van der Waals surface area contributed by atoms with E-state index in [4.69, 9.17) is 4.74 Å². The average Bonchev–Trinajstić information content (AvgIpc) is 2.87. The summed E-state index contributed by atoms with van der Waals surface area (Å²) in [5.74, 6) is -0.990. The second kappa shape index (κ2) is 5.09. The molecule has 0 aromatic heterocycles. The quantitative estimate of drug-likeness (QED) is 0.466. The number of ether oxygens (including phenoxy) is 1. The van der Waals surface area contributed by atoms with Gasteiger partial charge in [-0.1, -0.05) is 0 Å². The van der Waals surface area contributed by atoms with E-state index in [-0.39, 0.29) is 18.0 Å². The molecule has 2 fully saturated rings. The van der Waals surface area contributed by atoms with Crippen molar-refractivity contribution >= 4 is 0 Å². The lowest BCUT2D eigenvalue weighted by molar-refractivity contribution is -0.449. The van der Waals surface area contributed by atoms with Gasteiger partial charge in [-0.05, 0) is 20.3 Å². The van der Waals surface area contributed by atoms with E-state index >= 15 is 0 Å². The molecule has 0 radical (unpaired) electrons. The molecular formula is C11H18FN3O3. The molecule has 0 bridgehead atoms. The van der Waals surface area contributed by atoms with Gasteiger partial charge in [0.25, 0.3) is 0 Å². The Balaban J connectivity index is 2.08. The highest BCUT2D eigenvalue weighted by molar-refractivity contribution is 5.08. The maximum absolute atomic E-state index is 13.4. The molecule has 3 atom stereocenters. The van der Waals surface area contributed by atoms with Gasteiger partial charge in [0.1, 0.15) is 0 Å². The topological polar surface area (TPSA) is 67.6 Å². The van der Waals surface area contributed by atoms with E-state index in [0.29, 0.717) is 25.6 Å². The van der Waals surface area contributed by atoms with Gasteiger partial charge in [-0.15, -0.1) is 4.39 Å². The lowest BCUT2D eigenvalue weighted by atomic mass is 10.1. The van der Waals surface area contributed by atoms with Crippen LogP contribution in [0.3, 0.4) is 0 Å². The maximum Gasteiger partial charge on any atom is 0.460 e. The number of nitrogens with zero attached hydrogens (tertiary/aromatic N) is 2.